The number of hydrogen-bond acceptors (Lipinski definition) is 7. The highest BCUT2D eigenvalue weighted by molar-refractivity contribution is 5.86. The minimum atomic E-state index is -0.921. The van der Waals surface area contributed by atoms with E-state index in [1.54, 1.807) is 14.2 Å². The number of carbonyl (C=O) groups is 1. The average molecular weight is 518 g/mol. The quantitative estimate of drug-likeness (QED) is 0.260. The van der Waals surface area contributed by atoms with Crippen molar-refractivity contribution in [3.63, 3.8) is 0 Å². The number of ether oxygens (including phenoxy) is 4. The highest BCUT2D eigenvalue weighted by Gasteiger charge is 2.45. The zero-order valence-corrected chi connectivity index (χ0v) is 21.5. The van der Waals surface area contributed by atoms with Crippen LogP contribution in [0.1, 0.15) is 22.8 Å². The van der Waals surface area contributed by atoms with Crippen LogP contribution in [0.4, 0.5) is 5.69 Å². The molecule has 1 aromatic heterocycles. The third-order valence-corrected chi connectivity index (χ3v) is 6.64. The Hall–Kier alpha value is -4.01. The molecule has 0 radical (unpaired) electrons. The molecule has 2 unspecified atom stereocenters. The van der Waals surface area contributed by atoms with Gasteiger partial charge in [0.1, 0.15) is 42.1 Å². The monoisotopic (exact) mass is 517 g/mol. The smallest absolute Gasteiger partial charge is 0.327 e. The van der Waals surface area contributed by atoms with Crippen LogP contribution in [0.25, 0.3) is 11.0 Å². The van der Waals surface area contributed by atoms with Gasteiger partial charge in [0, 0.05) is 37.9 Å². The normalized spacial score (nSPS) is 16.5. The lowest BCUT2D eigenvalue weighted by Crippen LogP contribution is -2.40. The van der Waals surface area contributed by atoms with Crippen LogP contribution in [-0.2, 0) is 20.8 Å². The number of furan rings is 1. The maximum Gasteiger partial charge on any atom is 0.327 e. The number of para-hydroxylation sites is 2. The second-order valence-corrected chi connectivity index (χ2v) is 9.13. The summed E-state index contributed by atoms with van der Waals surface area (Å²) in [6.07, 6.45) is 0. The van der Waals surface area contributed by atoms with Crippen LogP contribution in [0.3, 0.4) is 0 Å². The van der Waals surface area contributed by atoms with Gasteiger partial charge < -0.3 is 33.4 Å². The fourth-order valence-electron chi connectivity index (χ4n) is 5.01. The van der Waals surface area contributed by atoms with E-state index < -0.39 is 17.9 Å². The molecule has 0 bridgehead atoms. The standard InChI is InChI=1S/C30H31NO7/c1-34-11-13-36-22-15-20(16-23(18-22)37-14-12-35-2)19-31-25-9-5-4-8-24(25)28(29(31)30(32)33)27-17-21-7-3-6-10-26(21)38-27/h3-10,15-18,28-29H,11-14,19H2,1-2H3,(H,32,33). The molecule has 4 aromatic rings. The molecule has 0 saturated carbocycles. The van der Waals surface area contributed by atoms with Crippen molar-refractivity contribution in [1.82, 2.24) is 0 Å². The zero-order valence-electron chi connectivity index (χ0n) is 21.5. The molecule has 198 valence electrons. The van der Waals surface area contributed by atoms with Gasteiger partial charge in [0.15, 0.2) is 0 Å². The highest BCUT2D eigenvalue weighted by Crippen LogP contribution is 2.46. The van der Waals surface area contributed by atoms with Gasteiger partial charge in [-0.05, 0) is 41.5 Å². The van der Waals surface area contributed by atoms with E-state index in [4.69, 9.17) is 23.4 Å². The summed E-state index contributed by atoms with van der Waals surface area (Å²) in [7, 11) is 3.24. The summed E-state index contributed by atoms with van der Waals surface area (Å²) in [4.78, 5) is 14.7. The Morgan fingerprint density at radius 2 is 1.53 bits per heavy atom. The lowest BCUT2D eigenvalue weighted by Gasteiger charge is -2.27. The summed E-state index contributed by atoms with van der Waals surface area (Å²) >= 11 is 0. The maximum absolute atomic E-state index is 12.8. The summed E-state index contributed by atoms with van der Waals surface area (Å²) < 4.78 is 28.2. The van der Waals surface area contributed by atoms with E-state index in [2.05, 4.69) is 0 Å². The molecule has 0 fully saturated rings. The number of aliphatic carboxylic acids is 1. The molecular weight excluding hydrogens is 486 g/mol. The Balaban J connectivity index is 1.51. The van der Waals surface area contributed by atoms with Crippen LogP contribution in [-0.4, -0.2) is 57.8 Å². The number of carboxylic acid groups (broad SMARTS) is 1. The van der Waals surface area contributed by atoms with E-state index in [0.717, 1.165) is 27.8 Å². The molecule has 1 N–H and O–H groups in total. The highest BCUT2D eigenvalue weighted by atomic mass is 16.5. The molecule has 0 aliphatic carbocycles. The molecular formula is C30H31NO7. The third-order valence-electron chi connectivity index (χ3n) is 6.64. The lowest BCUT2D eigenvalue weighted by molar-refractivity contribution is -0.138. The van der Waals surface area contributed by atoms with Gasteiger partial charge in [0.25, 0.3) is 0 Å². The van der Waals surface area contributed by atoms with Gasteiger partial charge in [0.05, 0.1) is 19.1 Å². The summed E-state index contributed by atoms with van der Waals surface area (Å²) in [5, 5.41) is 11.4. The second-order valence-electron chi connectivity index (χ2n) is 9.13. The topological polar surface area (TPSA) is 90.6 Å². The molecule has 1 aliphatic heterocycles. The predicted molar refractivity (Wildman–Crippen MR) is 143 cm³/mol. The van der Waals surface area contributed by atoms with Gasteiger partial charge in [-0.15, -0.1) is 0 Å². The molecule has 2 atom stereocenters. The summed E-state index contributed by atoms with van der Waals surface area (Å²) in [5.41, 5.74) is 3.38. The third kappa shape index (κ3) is 5.32. The summed E-state index contributed by atoms with van der Waals surface area (Å²) in [6, 6.07) is 22.2. The van der Waals surface area contributed by atoms with Crippen molar-refractivity contribution in [2.75, 3.05) is 45.5 Å². The Bertz CT molecular complexity index is 1340. The van der Waals surface area contributed by atoms with Crippen molar-refractivity contribution in [2.45, 2.75) is 18.5 Å². The van der Waals surface area contributed by atoms with E-state index in [-0.39, 0.29) is 0 Å². The van der Waals surface area contributed by atoms with Crippen LogP contribution >= 0.6 is 0 Å². The van der Waals surface area contributed by atoms with Crippen molar-refractivity contribution >= 4 is 22.6 Å². The van der Waals surface area contributed by atoms with Gasteiger partial charge in [-0.3, -0.25) is 0 Å². The first-order chi connectivity index (χ1) is 18.6. The fraction of sp³-hybridized carbons (Fsp3) is 0.300. The molecule has 0 amide bonds. The number of rotatable bonds is 12. The molecule has 1 aliphatic rings. The van der Waals surface area contributed by atoms with Crippen LogP contribution in [0.5, 0.6) is 11.5 Å². The lowest BCUT2D eigenvalue weighted by atomic mass is 9.92. The van der Waals surface area contributed by atoms with Crippen molar-refractivity contribution in [3.8, 4) is 11.5 Å². The van der Waals surface area contributed by atoms with Crippen LogP contribution in [0.2, 0.25) is 0 Å². The fourth-order valence-corrected chi connectivity index (χ4v) is 5.01. The molecule has 8 nitrogen and oxygen atoms in total. The second kappa shape index (κ2) is 11.6. The van der Waals surface area contributed by atoms with Gasteiger partial charge in [0.2, 0.25) is 0 Å². The SMILES string of the molecule is COCCOc1cc(CN2c3ccccc3C(c3cc4ccccc4o3)C2C(=O)O)cc(OCCOC)c1. The van der Waals surface area contributed by atoms with Crippen LogP contribution in [0.15, 0.2) is 77.2 Å². The Labute approximate surface area is 221 Å². The Kier molecular flexibility index (Phi) is 7.81. The van der Waals surface area contributed by atoms with Gasteiger partial charge in [-0.1, -0.05) is 36.4 Å². The molecule has 38 heavy (non-hydrogen) atoms. The van der Waals surface area contributed by atoms with Crippen molar-refractivity contribution in [1.29, 1.82) is 0 Å². The minimum Gasteiger partial charge on any atom is -0.491 e. The first-order valence-corrected chi connectivity index (χ1v) is 12.5. The van der Waals surface area contributed by atoms with E-state index in [0.29, 0.717) is 50.2 Å². The van der Waals surface area contributed by atoms with Crippen LogP contribution in [0, 0.1) is 0 Å². The Morgan fingerprint density at radius 1 is 0.868 bits per heavy atom. The van der Waals surface area contributed by atoms with Gasteiger partial charge >= 0.3 is 5.97 Å². The summed E-state index contributed by atoms with van der Waals surface area (Å²) in [5.74, 6) is 0.500. The molecule has 0 spiro atoms. The number of anilines is 1. The zero-order chi connectivity index (χ0) is 26.5. The largest absolute Gasteiger partial charge is 0.491 e. The first kappa shape index (κ1) is 25.6. The first-order valence-electron chi connectivity index (χ1n) is 12.5. The maximum atomic E-state index is 12.8. The number of hydrogen-bond donors (Lipinski definition) is 1. The number of fused-ring (bicyclic) bond motifs is 2. The molecule has 8 heteroatoms. The Morgan fingerprint density at radius 3 is 2.18 bits per heavy atom. The molecule has 3 aromatic carbocycles. The van der Waals surface area contributed by atoms with E-state index in [1.165, 1.54) is 0 Å². The van der Waals surface area contributed by atoms with E-state index in [9.17, 15) is 9.90 Å². The van der Waals surface area contributed by atoms with E-state index in [1.807, 2.05) is 77.7 Å². The average Bonchev–Trinajstić information content (AvgIpc) is 3.48. The number of nitrogens with zero attached hydrogens (tertiary/aromatic N) is 1. The summed E-state index contributed by atoms with van der Waals surface area (Å²) in [6.45, 7) is 2.01. The molecule has 5 rings (SSSR count). The number of benzene rings is 3. The molecule has 2 heterocycles. The van der Waals surface area contributed by atoms with Gasteiger partial charge in [-0.2, -0.15) is 0 Å². The van der Waals surface area contributed by atoms with Gasteiger partial charge in [-0.25, -0.2) is 4.79 Å². The molecule has 0 saturated heterocycles. The van der Waals surface area contributed by atoms with E-state index >= 15 is 0 Å². The van der Waals surface area contributed by atoms with Crippen LogP contribution < -0.4 is 14.4 Å². The van der Waals surface area contributed by atoms with Crippen molar-refractivity contribution in [2.24, 2.45) is 0 Å². The minimum absolute atomic E-state index is 0.340. The predicted octanol–water partition coefficient (Wildman–Crippen LogP) is 5.09. The van der Waals surface area contributed by atoms with Crippen molar-refractivity contribution < 1.29 is 33.3 Å². The number of methoxy groups -OCH3 is 2. The van der Waals surface area contributed by atoms with Crippen molar-refractivity contribution in [3.05, 3.63) is 89.7 Å². The number of carboxylic acids is 1.